The Morgan fingerprint density at radius 1 is 1.08 bits per heavy atom. The number of amides is 1. The van der Waals surface area contributed by atoms with Gasteiger partial charge in [0.1, 0.15) is 17.4 Å². The topological polar surface area (TPSA) is 166 Å². The second kappa shape index (κ2) is 11.6. The number of nitro groups is 1. The number of nitro benzene ring substituents is 1. The zero-order valence-corrected chi connectivity index (χ0v) is 20.1. The van der Waals surface area contributed by atoms with Gasteiger partial charge in [0, 0.05) is 11.8 Å². The van der Waals surface area contributed by atoms with E-state index in [2.05, 4.69) is 5.32 Å². The zero-order chi connectivity index (χ0) is 27.0. The third-order valence-corrected chi connectivity index (χ3v) is 6.02. The van der Waals surface area contributed by atoms with E-state index in [1.807, 2.05) is 0 Å². The van der Waals surface area contributed by atoms with E-state index in [0.29, 0.717) is 11.3 Å². The van der Waals surface area contributed by atoms with E-state index >= 15 is 0 Å². The van der Waals surface area contributed by atoms with Crippen molar-refractivity contribution < 1.29 is 31.9 Å². The van der Waals surface area contributed by atoms with Gasteiger partial charge in [-0.3, -0.25) is 14.9 Å². The largest absolute Gasteiger partial charge is 0.462 e. The molecule has 0 spiro atoms. The molecular formula is C25H19N3O8S. The number of nitrogens with zero attached hydrogens (tertiary/aromatic N) is 2. The summed E-state index contributed by atoms with van der Waals surface area (Å²) in [5.41, 5.74) is -0.0552. The summed E-state index contributed by atoms with van der Waals surface area (Å²) in [5, 5.41) is 23.2. The molecule has 0 aliphatic rings. The standard InChI is InChI=1S/C25H19N3O8S/c1-2-35-25(30)18-10-12-20(13-11-18)27-24(29)19(16-26)14-17-6-5-7-21(15-17)36-37(33,34)23-9-4-3-8-22(23)28(31)32/h3-15H,2H2,1H3,(H,27,29)/b19-14+. The number of nitriles is 1. The predicted octanol–water partition coefficient (Wildman–Crippen LogP) is 4.08. The molecule has 0 aliphatic heterocycles. The molecule has 0 saturated carbocycles. The molecule has 3 aromatic rings. The van der Waals surface area contributed by atoms with Crippen LogP contribution in [0.5, 0.6) is 5.75 Å². The second-order valence-electron chi connectivity index (χ2n) is 7.26. The molecule has 11 nitrogen and oxygen atoms in total. The molecule has 188 valence electrons. The summed E-state index contributed by atoms with van der Waals surface area (Å²) in [6.07, 6.45) is 1.22. The van der Waals surface area contributed by atoms with Crippen LogP contribution in [0, 0.1) is 21.4 Å². The van der Waals surface area contributed by atoms with Gasteiger partial charge in [-0.2, -0.15) is 13.7 Å². The van der Waals surface area contributed by atoms with E-state index in [9.17, 15) is 33.4 Å². The van der Waals surface area contributed by atoms with Crippen molar-refractivity contribution in [1.29, 1.82) is 5.26 Å². The number of anilines is 1. The molecule has 0 bridgehead atoms. The summed E-state index contributed by atoms with van der Waals surface area (Å²) in [7, 11) is -4.55. The first-order valence-corrected chi connectivity index (χ1v) is 12.0. The monoisotopic (exact) mass is 521 g/mol. The molecule has 3 aromatic carbocycles. The number of esters is 1. The van der Waals surface area contributed by atoms with Crippen LogP contribution in [0.2, 0.25) is 0 Å². The molecular weight excluding hydrogens is 502 g/mol. The number of nitrogens with one attached hydrogen (secondary N) is 1. The van der Waals surface area contributed by atoms with Crippen LogP contribution in [0.15, 0.2) is 83.3 Å². The van der Waals surface area contributed by atoms with Gasteiger partial charge in [0.05, 0.1) is 17.1 Å². The Morgan fingerprint density at radius 3 is 2.43 bits per heavy atom. The van der Waals surface area contributed by atoms with Gasteiger partial charge in [-0.1, -0.05) is 24.3 Å². The highest BCUT2D eigenvalue weighted by Crippen LogP contribution is 2.27. The summed E-state index contributed by atoms with van der Waals surface area (Å²) in [5.74, 6) is -1.44. The van der Waals surface area contributed by atoms with Crippen LogP contribution in [-0.4, -0.2) is 31.8 Å². The van der Waals surface area contributed by atoms with Crippen molar-refractivity contribution in [3.05, 3.63) is 99.6 Å². The Labute approximate surface area is 211 Å². The normalized spacial score (nSPS) is 11.2. The number of carbonyl (C=O) groups excluding carboxylic acids is 2. The maximum Gasteiger partial charge on any atom is 0.346 e. The third kappa shape index (κ3) is 6.77. The van der Waals surface area contributed by atoms with Gasteiger partial charge in [-0.05, 0) is 61.0 Å². The number of hydrogen-bond acceptors (Lipinski definition) is 9. The summed E-state index contributed by atoms with van der Waals surface area (Å²) in [6.45, 7) is 1.90. The molecule has 0 aromatic heterocycles. The van der Waals surface area contributed by atoms with Crippen molar-refractivity contribution in [3.63, 3.8) is 0 Å². The lowest BCUT2D eigenvalue weighted by atomic mass is 10.1. The molecule has 0 unspecified atom stereocenters. The van der Waals surface area contributed by atoms with Crippen molar-refractivity contribution in [1.82, 2.24) is 0 Å². The highest BCUT2D eigenvalue weighted by atomic mass is 32.2. The Balaban J connectivity index is 1.79. The first-order chi connectivity index (χ1) is 17.6. The Kier molecular flexibility index (Phi) is 8.34. The first-order valence-electron chi connectivity index (χ1n) is 10.6. The quantitative estimate of drug-likeness (QED) is 0.109. The minimum atomic E-state index is -4.55. The highest BCUT2D eigenvalue weighted by molar-refractivity contribution is 7.87. The highest BCUT2D eigenvalue weighted by Gasteiger charge is 2.27. The third-order valence-electron chi connectivity index (χ3n) is 4.73. The van der Waals surface area contributed by atoms with Crippen LogP contribution in [0.4, 0.5) is 11.4 Å². The van der Waals surface area contributed by atoms with Gasteiger partial charge in [0.15, 0.2) is 4.90 Å². The number of carbonyl (C=O) groups is 2. The van der Waals surface area contributed by atoms with E-state index in [-0.39, 0.29) is 23.5 Å². The van der Waals surface area contributed by atoms with E-state index in [1.165, 1.54) is 66.7 Å². The van der Waals surface area contributed by atoms with Gasteiger partial charge in [-0.15, -0.1) is 0 Å². The maximum atomic E-state index is 12.6. The smallest absolute Gasteiger partial charge is 0.346 e. The molecule has 3 rings (SSSR count). The van der Waals surface area contributed by atoms with Crippen LogP contribution < -0.4 is 9.50 Å². The van der Waals surface area contributed by atoms with Crippen LogP contribution in [0.3, 0.4) is 0 Å². The minimum absolute atomic E-state index is 0.181. The molecule has 0 radical (unpaired) electrons. The molecule has 0 atom stereocenters. The zero-order valence-electron chi connectivity index (χ0n) is 19.3. The van der Waals surface area contributed by atoms with Crippen molar-refractivity contribution in [2.45, 2.75) is 11.8 Å². The summed E-state index contributed by atoms with van der Waals surface area (Å²) < 4.78 is 35.2. The Hall–Kier alpha value is -5.02. The lowest BCUT2D eigenvalue weighted by Gasteiger charge is -2.08. The van der Waals surface area contributed by atoms with E-state index in [1.54, 1.807) is 13.0 Å². The average Bonchev–Trinajstić information content (AvgIpc) is 2.87. The minimum Gasteiger partial charge on any atom is -0.462 e. The Bertz CT molecular complexity index is 1520. The van der Waals surface area contributed by atoms with Crippen LogP contribution in [0.1, 0.15) is 22.8 Å². The number of benzene rings is 3. The molecule has 1 amide bonds. The van der Waals surface area contributed by atoms with Crippen LogP contribution in [0.25, 0.3) is 6.08 Å². The fourth-order valence-corrected chi connectivity index (χ4v) is 4.16. The SMILES string of the molecule is CCOC(=O)c1ccc(NC(=O)/C(C#N)=C/c2cccc(OS(=O)(=O)c3ccccc3[N+](=O)[O-])c2)cc1. The molecule has 0 fully saturated rings. The molecule has 12 heteroatoms. The molecule has 1 N–H and O–H groups in total. The van der Waals surface area contributed by atoms with Crippen molar-refractivity contribution in [2.24, 2.45) is 0 Å². The number of rotatable bonds is 9. The van der Waals surface area contributed by atoms with Gasteiger partial charge >= 0.3 is 16.1 Å². The molecule has 0 heterocycles. The lowest BCUT2D eigenvalue weighted by Crippen LogP contribution is -2.14. The van der Waals surface area contributed by atoms with E-state index in [4.69, 9.17) is 8.92 Å². The van der Waals surface area contributed by atoms with Crippen LogP contribution >= 0.6 is 0 Å². The van der Waals surface area contributed by atoms with Crippen molar-refractivity contribution in [2.75, 3.05) is 11.9 Å². The molecule has 37 heavy (non-hydrogen) atoms. The van der Waals surface area contributed by atoms with Gasteiger partial charge in [0.2, 0.25) is 0 Å². The summed E-state index contributed by atoms with van der Waals surface area (Å²) in [6, 6.07) is 17.9. The Morgan fingerprint density at radius 2 is 1.78 bits per heavy atom. The number of hydrogen-bond donors (Lipinski definition) is 1. The fraction of sp³-hybridized carbons (Fsp3) is 0.0800. The van der Waals surface area contributed by atoms with Gasteiger partial charge < -0.3 is 14.2 Å². The van der Waals surface area contributed by atoms with Gasteiger partial charge in [0.25, 0.3) is 11.6 Å². The second-order valence-corrected chi connectivity index (χ2v) is 8.77. The molecule has 0 saturated heterocycles. The maximum absolute atomic E-state index is 12.6. The summed E-state index contributed by atoms with van der Waals surface area (Å²) >= 11 is 0. The fourth-order valence-electron chi connectivity index (χ4n) is 3.06. The van der Waals surface area contributed by atoms with Crippen LogP contribution in [-0.2, 0) is 19.6 Å². The lowest BCUT2D eigenvalue weighted by molar-refractivity contribution is -0.387. The number of ether oxygens (including phenoxy) is 1. The average molecular weight is 522 g/mol. The first kappa shape index (κ1) is 26.6. The summed E-state index contributed by atoms with van der Waals surface area (Å²) in [4.78, 5) is 34.1. The number of para-hydroxylation sites is 1. The van der Waals surface area contributed by atoms with Crippen molar-refractivity contribution in [3.8, 4) is 11.8 Å². The van der Waals surface area contributed by atoms with E-state index in [0.717, 1.165) is 12.1 Å². The predicted molar refractivity (Wildman–Crippen MR) is 132 cm³/mol. The van der Waals surface area contributed by atoms with Gasteiger partial charge in [-0.25, -0.2) is 4.79 Å². The van der Waals surface area contributed by atoms with E-state index < -0.39 is 37.5 Å². The molecule has 0 aliphatic carbocycles. The van der Waals surface area contributed by atoms with Crippen molar-refractivity contribution >= 4 is 39.4 Å².